The Morgan fingerprint density at radius 3 is 2.00 bits per heavy atom. The topological polar surface area (TPSA) is 95.1 Å². The monoisotopic (exact) mass is 340 g/mol. The molecule has 1 rings (SSSR count). The Morgan fingerprint density at radius 1 is 0.917 bits per heavy atom. The van der Waals surface area contributed by atoms with E-state index >= 15 is 0 Å². The average Bonchev–Trinajstić information content (AvgIpc) is 2.61. The molecule has 0 aliphatic carbocycles. The molecule has 8 nitrogen and oxygen atoms in total. The summed E-state index contributed by atoms with van der Waals surface area (Å²) in [6, 6.07) is 3.13. The summed E-state index contributed by atoms with van der Waals surface area (Å²) < 4.78 is 20.4. The molecule has 0 saturated carbocycles. The Labute approximate surface area is 141 Å². The van der Waals surface area contributed by atoms with E-state index in [0.29, 0.717) is 42.5 Å². The fraction of sp³-hybridized carbons (Fsp3) is 0.500. The first-order chi connectivity index (χ1) is 11.6. The van der Waals surface area contributed by atoms with Crippen molar-refractivity contribution in [1.29, 1.82) is 0 Å². The molecule has 0 heterocycles. The Hall–Kier alpha value is -2.48. The van der Waals surface area contributed by atoms with Gasteiger partial charge in [0.2, 0.25) is 11.7 Å². The first-order valence-electron chi connectivity index (χ1n) is 7.41. The highest BCUT2D eigenvalue weighted by molar-refractivity contribution is 5.95. The minimum absolute atomic E-state index is 0.126. The second-order valence-corrected chi connectivity index (χ2v) is 4.76. The molecule has 0 fully saturated rings. The number of hydrogen-bond donors (Lipinski definition) is 2. The van der Waals surface area contributed by atoms with Crippen LogP contribution in [0.3, 0.4) is 0 Å². The zero-order valence-electron chi connectivity index (χ0n) is 14.4. The Bertz CT molecular complexity index is 536. The van der Waals surface area contributed by atoms with Crippen LogP contribution in [-0.2, 0) is 9.53 Å². The molecule has 0 atom stereocenters. The zero-order chi connectivity index (χ0) is 17.9. The Morgan fingerprint density at radius 2 is 1.50 bits per heavy atom. The van der Waals surface area contributed by atoms with Crippen molar-refractivity contribution in [2.75, 3.05) is 48.1 Å². The van der Waals surface area contributed by atoms with Gasteiger partial charge >= 0.3 is 0 Å². The van der Waals surface area contributed by atoms with E-state index in [1.165, 1.54) is 28.4 Å². The molecule has 0 aliphatic heterocycles. The maximum atomic E-state index is 12.2. The molecular weight excluding hydrogens is 316 g/mol. The molecule has 1 aromatic carbocycles. The molecule has 0 radical (unpaired) electrons. The minimum Gasteiger partial charge on any atom is -0.493 e. The molecule has 134 valence electrons. The largest absolute Gasteiger partial charge is 0.493 e. The van der Waals surface area contributed by atoms with Crippen molar-refractivity contribution in [1.82, 2.24) is 10.6 Å². The van der Waals surface area contributed by atoms with Crippen molar-refractivity contribution < 1.29 is 28.5 Å². The third-order valence-corrected chi connectivity index (χ3v) is 3.19. The van der Waals surface area contributed by atoms with Crippen molar-refractivity contribution in [3.8, 4) is 17.2 Å². The Kier molecular flexibility index (Phi) is 8.42. The quantitative estimate of drug-likeness (QED) is 0.606. The summed E-state index contributed by atoms with van der Waals surface area (Å²) in [7, 11) is 5.99. The van der Waals surface area contributed by atoms with Crippen LogP contribution in [0.25, 0.3) is 0 Å². The molecule has 0 saturated heterocycles. The van der Waals surface area contributed by atoms with Gasteiger partial charge < -0.3 is 29.6 Å². The van der Waals surface area contributed by atoms with Gasteiger partial charge in [0.15, 0.2) is 11.5 Å². The van der Waals surface area contributed by atoms with E-state index in [-0.39, 0.29) is 18.2 Å². The molecule has 24 heavy (non-hydrogen) atoms. The fourth-order valence-corrected chi connectivity index (χ4v) is 1.98. The van der Waals surface area contributed by atoms with E-state index in [1.54, 1.807) is 12.1 Å². The lowest BCUT2D eigenvalue weighted by Crippen LogP contribution is -2.35. The maximum Gasteiger partial charge on any atom is 0.251 e. The Balaban J connectivity index is 2.60. The molecule has 2 N–H and O–H groups in total. The number of benzene rings is 1. The summed E-state index contributed by atoms with van der Waals surface area (Å²) in [4.78, 5) is 23.6. The standard InChI is InChI=1S/C16H24N2O6/c1-21-8-5-14(19)17-6-7-18-16(20)11-9-12(22-2)15(24-4)13(10-11)23-3/h9-10H,5-8H2,1-4H3,(H,17,19)(H,18,20). The molecule has 0 aliphatic rings. The van der Waals surface area contributed by atoms with Gasteiger partial charge in [-0.1, -0.05) is 0 Å². The molecule has 8 heteroatoms. The second-order valence-electron chi connectivity index (χ2n) is 4.76. The van der Waals surface area contributed by atoms with Gasteiger partial charge in [-0.05, 0) is 12.1 Å². The summed E-state index contributed by atoms with van der Waals surface area (Å²) in [6.07, 6.45) is 0.289. The summed E-state index contributed by atoms with van der Waals surface area (Å²) in [5.41, 5.74) is 0.371. The summed E-state index contributed by atoms with van der Waals surface area (Å²) in [5, 5.41) is 5.40. The van der Waals surface area contributed by atoms with Crippen LogP contribution in [-0.4, -0.2) is 59.9 Å². The smallest absolute Gasteiger partial charge is 0.251 e. The summed E-state index contributed by atoms with van der Waals surface area (Å²) >= 11 is 0. The molecule has 0 unspecified atom stereocenters. The minimum atomic E-state index is -0.305. The third kappa shape index (κ3) is 5.62. The van der Waals surface area contributed by atoms with Crippen molar-refractivity contribution in [3.05, 3.63) is 17.7 Å². The van der Waals surface area contributed by atoms with Gasteiger partial charge in [-0.2, -0.15) is 0 Å². The van der Waals surface area contributed by atoms with Gasteiger partial charge in [-0.15, -0.1) is 0 Å². The highest BCUT2D eigenvalue weighted by atomic mass is 16.5. The normalized spacial score (nSPS) is 10.0. The lowest BCUT2D eigenvalue weighted by molar-refractivity contribution is -0.121. The van der Waals surface area contributed by atoms with Crippen LogP contribution in [0.5, 0.6) is 17.2 Å². The molecule has 1 aromatic rings. The van der Waals surface area contributed by atoms with Gasteiger partial charge in [-0.3, -0.25) is 9.59 Å². The third-order valence-electron chi connectivity index (χ3n) is 3.19. The number of carbonyl (C=O) groups is 2. The highest BCUT2D eigenvalue weighted by Crippen LogP contribution is 2.38. The van der Waals surface area contributed by atoms with Crippen molar-refractivity contribution in [3.63, 3.8) is 0 Å². The van der Waals surface area contributed by atoms with E-state index < -0.39 is 0 Å². The van der Waals surface area contributed by atoms with Gasteiger partial charge in [-0.25, -0.2) is 0 Å². The SMILES string of the molecule is COCCC(=O)NCCNC(=O)c1cc(OC)c(OC)c(OC)c1. The van der Waals surface area contributed by atoms with E-state index in [0.717, 1.165) is 0 Å². The van der Waals surface area contributed by atoms with E-state index in [1.807, 2.05) is 0 Å². The number of ether oxygens (including phenoxy) is 4. The molecule has 2 amide bonds. The van der Waals surface area contributed by atoms with Crippen molar-refractivity contribution in [2.24, 2.45) is 0 Å². The van der Waals surface area contributed by atoms with Gasteiger partial charge in [0.1, 0.15) is 0 Å². The first kappa shape index (κ1) is 19.6. The number of methoxy groups -OCH3 is 4. The second kappa shape index (κ2) is 10.3. The highest BCUT2D eigenvalue weighted by Gasteiger charge is 2.16. The van der Waals surface area contributed by atoms with Crippen LogP contribution in [0.2, 0.25) is 0 Å². The van der Waals surface area contributed by atoms with Crippen LogP contribution < -0.4 is 24.8 Å². The molecule has 0 spiro atoms. The van der Waals surface area contributed by atoms with E-state index in [4.69, 9.17) is 18.9 Å². The van der Waals surface area contributed by atoms with Crippen LogP contribution in [0, 0.1) is 0 Å². The molecular formula is C16H24N2O6. The molecule has 0 bridgehead atoms. The van der Waals surface area contributed by atoms with Gasteiger partial charge in [0, 0.05) is 32.2 Å². The lowest BCUT2D eigenvalue weighted by atomic mass is 10.1. The predicted molar refractivity (Wildman–Crippen MR) is 87.9 cm³/mol. The summed E-state index contributed by atoms with van der Waals surface area (Å²) in [5.74, 6) is 0.783. The average molecular weight is 340 g/mol. The lowest BCUT2D eigenvalue weighted by Gasteiger charge is -2.14. The zero-order valence-corrected chi connectivity index (χ0v) is 14.4. The van der Waals surface area contributed by atoms with Crippen LogP contribution in [0.4, 0.5) is 0 Å². The van der Waals surface area contributed by atoms with E-state index in [2.05, 4.69) is 10.6 Å². The first-order valence-corrected chi connectivity index (χ1v) is 7.41. The predicted octanol–water partition coefficient (Wildman–Crippen LogP) is 0.595. The fourth-order valence-electron chi connectivity index (χ4n) is 1.98. The van der Waals surface area contributed by atoms with Crippen molar-refractivity contribution >= 4 is 11.8 Å². The van der Waals surface area contributed by atoms with Crippen LogP contribution in [0.1, 0.15) is 16.8 Å². The van der Waals surface area contributed by atoms with Gasteiger partial charge in [0.25, 0.3) is 5.91 Å². The van der Waals surface area contributed by atoms with E-state index in [9.17, 15) is 9.59 Å². The summed E-state index contributed by atoms with van der Waals surface area (Å²) in [6.45, 7) is 0.997. The number of carbonyl (C=O) groups excluding carboxylic acids is 2. The van der Waals surface area contributed by atoms with Crippen LogP contribution >= 0.6 is 0 Å². The van der Waals surface area contributed by atoms with Crippen LogP contribution in [0.15, 0.2) is 12.1 Å². The number of hydrogen-bond acceptors (Lipinski definition) is 6. The maximum absolute atomic E-state index is 12.2. The molecule has 0 aromatic heterocycles. The number of amides is 2. The number of nitrogens with one attached hydrogen (secondary N) is 2. The van der Waals surface area contributed by atoms with Crippen molar-refractivity contribution in [2.45, 2.75) is 6.42 Å². The van der Waals surface area contributed by atoms with Gasteiger partial charge in [0.05, 0.1) is 27.9 Å². The number of rotatable bonds is 10.